The zero-order valence-electron chi connectivity index (χ0n) is 18.0. The summed E-state index contributed by atoms with van der Waals surface area (Å²) in [5.74, 6) is -0.812. The fraction of sp³-hybridized carbons (Fsp3) is 0.652. The maximum atomic E-state index is 13.1. The fourth-order valence-electron chi connectivity index (χ4n) is 4.71. The van der Waals surface area contributed by atoms with Gasteiger partial charge in [0.2, 0.25) is 0 Å². The van der Waals surface area contributed by atoms with E-state index in [0.29, 0.717) is 26.1 Å². The summed E-state index contributed by atoms with van der Waals surface area (Å²) in [6.07, 6.45) is 2.78. The van der Waals surface area contributed by atoms with Crippen LogP contribution in [0.5, 0.6) is 0 Å². The summed E-state index contributed by atoms with van der Waals surface area (Å²) >= 11 is 0. The number of methoxy groups -OCH3 is 1. The number of hydrogen-bond donors (Lipinski definition) is 0. The SMILES string of the molecule is COC(=O)[C@@H]1C[C@]2(C(=O)OC(C)(C)C)CCCN2[C@@H]1CCOCc1ccccc1. The second-order valence-corrected chi connectivity index (χ2v) is 9.06. The maximum absolute atomic E-state index is 13.1. The Morgan fingerprint density at radius 3 is 2.59 bits per heavy atom. The summed E-state index contributed by atoms with van der Waals surface area (Å²) in [5.41, 5.74) is -0.166. The lowest BCUT2D eigenvalue weighted by Gasteiger charge is -2.35. The van der Waals surface area contributed by atoms with Crippen molar-refractivity contribution >= 4 is 11.9 Å². The van der Waals surface area contributed by atoms with Crippen molar-refractivity contribution in [3.63, 3.8) is 0 Å². The van der Waals surface area contributed by atoms with Crippen LogP contribution in [0.3, 0.4) is 0 Å². The van der Waals surface area contributed by atoms with E-state index >= 15 is 0 Å². The number of nitrogens with zero attached hydrogens (tertiary/aromatic N) is 1. The van der Waals surface area contributed by atoms with Crippen molar-refractivity contribution in [1.29, 1.82) is 0 Å². The van der Waals surface area contributed by atoms with Crippen LogP contribution in [-0.2, 0) is 30.4 Å². The molecule has 3 atom stereocenters. The number of carbonyl (C=O) groups is 2. The van der Waals surface area contributed by atoms with Crippen LogP contribution in [0, 0.1) is 5.92 Å². The van der Waals surface area contributed by atoms with Crippen molar-refractivity contribution in [1.82, 2.24) is 4.90 Å². The summed E-state index contributed by atoms with van der Waals surface area (Å²) < 4.78 is 16.7. The topological polar surface area (TPSA) is 65.1 Å². The first-order chi connectivity index (χ1) is 13.8. The molecule has 2 fully saturated rings. The molecule has 2 saturated heterocycles. The highest BCUT2D eigenvalue weighted by Crippen LogP contribution is 2.48. The molecule has 0 amide bonds. The number of esters is 2. The zero-order chi connectivity index (χ0) is 21.1. The molecule has 1 aromatic carbocycles. The summed E-state index contributed by atoms with van der Waals surface area (Å²) in [7, 11) is 1.41. The number of fused-ring (bicyclic) bond motifs is 1. The Morgan fingerprint density at radius 2 is 1.93 bits per heavy atom. The average Bonchev–Trinajstić information content (AvgIpc) is 3.22. The summed E-state index contributed by atoms with van der Waals surface area (Å²) in [4.78, 5) is 27.8. The Kier molecular flexibility index (Phi) is 6.64. The van der Waals surface area contributed by atoms with Crippen molar-refractivity contribution in [2.24, 2.45) is 5.92 Å². The van der Waals surface area contributed by atoms with Gasteiger partial charge in [-0.25, -0.2) is 0 Å². The van der Waals surface area contributed by atoms with Crippen LogP contribution < -0.4 is 0 Å². The highest BCUT2D eigenvalue weighted by Gasteiger charge is 2.61. The molecule has 0 saturated carbocycles. The van der Waals surface area contributed by atoms with Gasteiger partial charge in [-0.2, -0.15) is 0 Å². The molecule has 29 heavy (non-hydrogen) atoms. The predicted molar refractivity (Wildman–Crippen MR) is 109 cm³/mol. The molecule has 1 aromatic rings. The van der Waals surface area contributed by atoms with Crippen LogP contribution in [0.15, 0.2) is 30.3 Å². The molecule has 0 radical (unpaired) electrons. The van der Waals surface area contributed by atoms with Crippen LogP contribution >= 0.6 is 0 Å². The van der Waals surface area contributed by atoms with Gasteiger partial charge in [0, 0.05) is 12.6 Å². The summed E-state index contributed by atoms with van der Waals surface area (Å²) in [5, 5.41) is 0. The van der Waals surface area contributed by atoms with Crippen LogP contribution in [0.25, 0.3) is 0 Å². The highest BCUT2D eigenvalue weighted by molar-refractivity contribution is 5.85. The molecule has 0 aliphatic carbocycles. The molecule has 160 valence electrons. The number of carbonyl (C=O) groups excluding carboxylic acids is 2. The molecule has 2 aliphatic heterocycles. The van der Waals surface area contributed by atoms with Crippen molar-refractivity contribution in [2.45, 2.75) is 70.2 Å². The van der Waals surface area contributed by atoms with E-state index in [9.17, 15) is 9.59 Å². The second-order valence-electron chi connectivity index (χ2n) is 9.06. The molecular formula is C23H33NO5. The van der Waals surface area contributed by atoms with E-state index in [1.54, 1.807) is 0 Å². The smallest absolute Gasteiger partial charge is 0.327 e. The van der Waals surface area contributed by atoms with Gasteiger partial charge in [-0.05, 0) is 58.6 Å². The Labute approximate surface area is 173 Å². The monoisotopic (exact) mass is 403 g/mol. The number of hydrogen-bond acceptors (Lipinski definition) is 6. The summed E-state index contributed by atoms with van der Waals surface area (Å²) in [6.45, 7) is 7.48. The minimum absolute atomic E-state index is 0.0757. The lowest BCUT2D eigenvalue weighted by atomic mass is 9.88. The molecule has 0 aromatic heterocycles. The Morgan fingerprint density at radius 1 is 1.21 bits per heavy atom. The van der Waals surface area contributed by atoms with E-state index in [-0.39, 0.29) is 23.9 Å². The average molecular weight is 404 g/mol. The molecule has 0 bridgehead atoms. The van der Waals surface area contributed by atoms with Crippen molar-refractivity contribution in [3.05, 3.63) is 35.9 Å². The van der Waals surface area contributed by atoms with Gasteiger partial charge < -0.3 is 14.2 Å². The third kappa shape index (κ3) is 4.81. The van der Waals surface area contributed by atoms with Gasteiger partial charge in [-0.1, -0.05) is 30.3 Å². The molecule has 0 spiro atoms. The van der Waals surface area contributed by atoms with Gasteiger partial charge in [0.1, 0.15) is 11.1 Å². The first-order valence-electron chi connectivity index (χ1n) is 10.5. The Bertz CT molecular complexity index is 714. The minimum Gasteiger partial charge on any atom is -0.469 e. The van der Waals surface area contributed by atoms with Crippen LogP contribution in [-0.4, -0.2) is 54.3 Å². The fourth-order valence-corrected chi connectivity index (χ4v) is 4.71. The van der Waals surface area contributed by atoms with E-state index in [1.807, 2.05) is 51.1 Å². The molecule has 0 unspecified atom stereocenters. The normalized spacial score (nSPS) is 26.9. The number of benzene rings is 1. The third-order valence-corrected chi connectivity index (χ3v) is 5.91. The van der Waals surface area contributed by atoms with Gasteiger partial charge >= 0.3 is 11.9 Å². The molecular weight excluding hydrogens is 370 g/mol. The van der Waals surface area contributed by atoms with E-state index in [1.165, 1.54) is 7.11 Å². The van der Waals surface area contributed by atoms with Gasteiger partial charge in [-0.3, -0.25) is 14.5 Å². The quantitative estimate of drug-likeness (QED) is 0.514. The predicted octanol–water partition coefficient (Wildman–Crippen LogP) is 3.33. The third-order valence-electron chi connectivity index (χ3n) is 5.91. The van der Waals surface area contributed by atoms with Gasteiger partial charge in [0.15, 0.2) is 0 Å². The van der Waals surface area contributed by atoms with Gasteiger partial charge in [-0.15, -0.1) is 0 Å². The van der Waals surface area contributed by atoms with Crippen LogP contribution in [0.1, 0.15) is 52.0 Å². The maximum Gasteiger partial charge on any atom is 0.327 e. The molecule has 2 heterocycles. The standard InChI is InChI=1S/C23H33NO5/c1-22(2,3)29-21(26)23-12-8-13-24(23)19(18(15-23)20(25)27-4)11-14-28-16-17-9-6-5-7-10-17/h5-7,9-10,18-19H,8,11-16H2,1-4H3/t18-,19-,23+/m1/s1. The molecule has 6 nitrogen and oxygen atoms in total. The first-order valence-corrected chi connectivity index (χ1v) is 10.5. The largest absolute Gasteiger partial charge is 0.469 e. The molecule has 6 heteroatoms. The van der Waals surface area contributed by atoms with Gasteiger partial charge in [0.05, 0.1) is 19.6 Å². The van der Waals surface area contributed by atoms with Crippen molar-refractivity contribution in [3.8, 4) is 0 Å². The van der Waals surface area contributed by atoms with E-state index in [4.69, 9.17) is 14.2 Å². The Balaban J connectivity index is 1.70. The van der Waals surface area contributed by atoms with E-state index in [2.05, 4.69) is 4.90 Å². The molecule has 3 rings (SSSR count). The molecule has 2 aliphatic rings. The second kappa shape index (κ2) is 8.84. The summed E-state index contributed by atoms with van der Waals surface area (Å²) in [6, 6.07) is 9.94. The van der Waals surface area contributed by atoms with Crippen molar-refractivity contribution < 1.29 is 23.8 Å². The van der Waals surface area contributed by atoms with Crippen LogP contribution in [0.2, 0.25) is 0 Å². The van der Waals surface area contributed by atoms with E-state index < -0.39 is 11.1 Å². The Hall–Kier alpha value is -1.92. The molecule has 0 N–H and O–H groups in total. The lowest BCUT2D eigenvalue weighted by molar-refractivity contribution is -0.167. The highest BCUT2D eigenvalue weighted by atomic mass is 16.6. The van der Waals surface area contributed by atoms with Gasteiger partial charge in [0.25, 0.3) is 0 Å². The van der Waals surface area contributed by atoms with E-state index in [0.717, 1.165) is 24.9 Å². The first kappa shape index (κ1) is 21.8. The zero-order valence-corrected chi connectivity index (χ0v) is 18.0. The number of ether oxygens (including phenoxy) is 3. The number of rotatable bonds is 7. The lowest BCUT2D eigenvalue weighted by Crippen LogP contribution is -2.51. The van der Waals surface area contributed by atoms with Crippen molar-refractivity contribution in [2.75, 3.05) is 20.3 Å². The van der Waals surface area contributed by atoms with Crippen LogP contribution in [0.4, 0.5) is 0 Å². The minimum atomic E-state index is -0.726.